The summed E-state index contributed by atoms with van der Waals surface area (Å²) in [6.07, 6.45) is 1.00. The molecule has 3 nitrogen and oxygen atoms in total. The normalized spacial score (nSPS) is 10.8. The molecule has 0 saturated carbocycles. The molecule has 0 amide bonds. The third-order valence-electron chi connectivity index (χ3n) is 2.52. The maximum Gasteiger partial charge on any atom is 0.142 e. The zero-order valence-electron chi connectivity index (χ0n) is 11.1. The number of hydrogen-bond acceptors (Lipinski definition) is 3. The van der Waals surface area contributed by atoms with Crippen molar-refractivity contribution < 1.29 is 4.74 Å². The van der Waals surface area contributed by atoms with Gasteiger partial charge in [-0.2, -0.15) is 0 Å². The number of nitrogen functional groups attached to an aromatic ring is 1. The highest BCUT2D eigenvalue weighted by atomic mass is 16.5. The maximum absolute atomic E-state index is 5.91. The molecule has 96 valence electrons. The van der Waals surface area contributed by atoms with Gasteiger partial charge in [0.1, 0.15) is 5.75 Å². The number of hydrogen-bond donors (Lipinski definition) is 2. The van der Waals surface area contributed by atoms with Crippen molar-refractivity contribution in [3.63, 3.8) is 0 Å². The minimum absolute atomic E-state index is 0.652. The van der Waals surface area contributed by atoms with E-state index in [1.54, 1.807) is 0 Å². The number of benzene rings is 1. The van der Waals surface area contributed by atoms with Crippen molar-refractivity contribution in [2.45, 2.75) is 27.2 Å². The van der Waals surface area contributed by atoms with E-state index in [0.717, 1.165) is 30.9 Å². The van der Waals surface area contributed by atoms with Crippen LogP contribution in [-0.4, -0.2) is 19.7 Å². The largest absolute Gasteiger partial charge is 0.492 e. The van der Waals surface area contributed by atoms with E-state index < -0.39 is 0 Å². The minimum Gasteiger partial charge on any atom is -0.492 e. The third-order valence-corrected chi connectivity index (χ3v) is 2.52. The standard InChI is InChI=1S/C14H24N2O/c1-4-17-14-6-5-12(9-13(14)15)7-8-16-10-11(2)3/h5-6,9,11,16H,4,7-8,10,15H2,1-3H3. The summed E-state index contributed by atoms with van der Waals surface area (Å²) in [5.41, 5.74) is 7.90. The van der Waals surface area contributed by atoms with Crippen LogP contribution in [0.15, 0.2) is 18.2 Å². The van der Waals surface area contributed by atoms with Crippen LogP contribution in [0, 0.1) is 5.92 Å². The van der Waals surface area contributed by atoms with Crippen molar-refractivity contribution in [1.82, 2.24) is 5.32 Å². The van der Waals surface area contributed by atoms with Crippen molar-refractivity contribution in [2.75, 3.05) is 25.4 Å². The fraction of sp³-hybridized carbons (Fsp3) is 0.571. The molecular weight excluding hydrogens is 212 g/mol. The molecule has 0 spiro atoms. The lowest BCUT2D eigenvalue weighted by Crippen LogP contribution is -2.22. The van der Waals surface area contributed by atoms with Gasteiger partial charge in [0.25, 0.3) is 0 Å². The summed E-state index contributed by atoms with van der Waals surface area (Å²) < 4.78 is 5.41. The second-order valence-electron chi connectivity index (χ2n) is 4.65. The van der Waals surface area contributed by atoms with E-state index in [2.05, 4.69) is 25.2 Å². The van der Waals surface area contributed by atoms with Gasteiger partial charge in [-0.05, 0) is 50.0 Å². The van der Waals surface area contributed by atoms with E-state index in [1.807, 2.05) is 19.1 Å². The molecule has 0 aliphatic carbocycles. The zero-order chi connectivity index (χ0) is 12.7. The number of ether oxygens (including phenoxy) is 1. The molecule has 0 aliphatic rings. The van der Waals surface area contributed by atoms with Gasteiger partial charge in [-0.25, -0.2) is 0 Å². The van der Waals surface area contributed by atoms with Crippen LogP contribution < -0.4 is 15.8 Å². The molecular formula is C14H24N2O. The van der Waals surface area contributed by atoms with Crippen LogP contribution in [0.1, 0.15) is 26.3 Å². The van der Waals surface area contributed by atoms with Crippen LogP contribution in [-0.2, 0) is 6.42 Å². The Hall–Kier alpha value is -1.22. The molecule has 0 heterocycles. The van der Waals surface area contributed by atoms with E-state index >= 15 is 0 Å². The first-order chi connectivity index (χ1) is 8.13. The molecule has 3 N–H and O–H groups in total. The molecule has 0 aromatic heterocycles. The van der Waals surface area contributed by atoms with Crippen LogP contribution in [0.3, 0.4) is 0 Å². The van der Waals surface area contributed by atoms with Gasteiger partial charge in [-0.3, -0.25) is 0 Å². The molecule has 0 unspecified atom stereocenters. The third kappa shape index (κ3) is 5.09. The molecule has 0 radical (unpaired) electrons. The Kier molecular flexibility index (Phi) is 5.84. The topological polar surface area (TPSA) is 47.3 Å². The van der Waals surface area contributed by atoms with Crippen LogP contribution in [0.4, 0.5) is 5.69 Å². The Balaban J connectivity index is 2.41. The van der Waals surface area contributed by atoms with Crippen molar-refractivity contribution in [1.29, 1.82) is 0 Å². The van der Waals surface area contributed by atoms with E-state index in [9.17, 15) is 0 Å². The summed E-state index contributed by atoms with van der Waals surface area (Å²) in [6, 6.07) is 6.04. The fourth-order valence-corrected chi connectivity index (χ4v) is 1.66. The van der Waals surface area contributed by atoms with Gasteiger partial charge in [0, 0.05) is 0 Å². The minimum atomic E-state index is 0.652. The highest BCUT2D eigenvalue weighted by molar-refractivity contribution is 5.54. The maximum atomic E-state index is 5.91. The molecule has 17 heavy (non-hydrogen) atoms. The van der Waals surface area contributed by atoms with Gasteiger partial charge in [-0.1, -0.05) is 19.9 Å². The van der Waals surface area contributed by atoms with Crippen molar-refractivity contribution in [2.24, 2.45) is 5.92 Å². The monoisotopic (exact) mass is 236 g/mol. The van der Waals surface area contributed by atoms with Gasteiger partial charge < -0.3 is 15.8 Å². The number of rotatable bonds is 7. The van der Waals surface area contributed by atoms with Crippen molar-refractivity contribution in [3.05, 3.63) is 23.8 Å². The van der Waals surface area contributed by atoms with Crippen LogP contribution in [0.2, 0.25) is 0 Å². The molecule has 0 saturated heterocycles. The predicted molar refractivity (Wildman–Crippen MR) is 73.4 cm³/mol. The van der Waals surface area contributed by atoms with Gasteiger partial charge in [-0.15, -0.1) is 0 Å². The van der Waals surface area contributed by atoms with Crippen LogP contribution in [0.25, 0.3) is 0 Å². The molecule has 1 aromatic carbocycles. The van der Waals surface area contributed by atoms with Gasteiger partial charge in [0.2, 0.25) is 0 Å². The Bertz CT molecular complexity index is 337. The molecule has 0 aliphatic heterocycles. The lowest BCUT2D eigenvalue weighted by molar-refractivity contribution is 0.342. The second kappa shape index (κ2) is 7.17. The lowest BCUT2D eigenvalue weighted by Gasteiger charge is -2.10. The summed E-state index contributed by atoms with van der Waals surface area (Å²) in [5.74, 6) is 1.48. The Morgan fingerprint density at radius 2 is 2.12 bits per heavy atom. The highest BCUT2D eigenvalue weighted by Gasteiger charge is 2.01. The second-order valence-corrected chi connectivity index (χ2v) is 4.65. The molecule has 1 rings (SSSR count). The molecule has 0 atom stereocenters. The number of anilines is 1. The summed E-state index contributed by atoms with van der Waals surface area (Å²) in [5, 5.41) is 3.42. The van der Waals surface area contributed by atoms with Gasteiger partial charge >= 0.3 is 0 Å². The summed E-state index contributed by atoms with van der Waals surface area (Å²) in [4.78, 5) is 0. The van der Waals surface area contributed by atoms with Gasteiger partial charge in [0.15, 0.2) is 0 Å². The smallest absolute Gasteiger partial charge is 0.142 e. The zero-order valence-corrected chi connectivity index (χ0v) is 11.1. The van der Waals surface area contributed by atoms with E-state index in [4.69, 9.17) is 10.5 Å². The average Bonchev–Trinajstić information content (AvgIpc) is 2.28. The number of nitrogens with two attached hydrogens (primary N) is 1. The quantitative estimate of drug-likeness (QED) is 0.565. The predicted octanol–water partition coefficient (Wildman–Crippen LogP) is 2.46. The molecule has 3 heteroatoms. The van der Waals surface area contributed by atoms with Gasteiger partial charge in [0.05, 0.1) is 12.3 Å². The van der Waals surface area contributed by atoms with Crippen molar-refractivity contribution in [3.8, 4) is 5.75 Å². The Morgan fingerprint density at radius 3 is 2.71 bits per heavy atom. The van der Waals surface area contributed by atoms with E-state index in [0.29, 0.717) is 12.5 Å². The summed E-state index contributed by atoms with van der Waals surface area (Å²) in [7, 11) is 0. The number of nitrogens with one attached hydrogen (secondary N) is 1. The van der Waals surface area contributed by atoms with E-state index in [1.165, 1.54) is 5.56 Å². The Labute approximate surface area is 104 Å². The summed E-state index contributed by atoms with van der Waals surface area (Å²) in [6.45, 7) is 9.09. The van der Waals surface area contributed by atoms with Crippen LogP contribution >= 0.6 is 0 Å². The Morgan fingerprint density at radius 1 is 1.35 bits per heavy atom. The van der Waals surface area contributed by atoms with E-state index in [-0.39, 0.29) is 0 Å². The molecule has 0 bridgehead atoms. The van der Waals surface area contributed by atoms with Crippen LogP contribution in [0.5, 0.6) is 5.75 Å². The molecule has 1 aromatic rings. The highest BCUT2D eigenvalue weighted by Crippen LogP contribution is 2.22. The first-order valence-electron chi connectivity index (χ1n) is 6.35. The first-order valence-corrected chi connectivity index (χ1v) is 6.35. The van der Waals surface area contributed by atoms with Crippen molar-refractivity contribution >= 4 is 5.69 Å². The SMILES string of the molecule is CCOc1ccc(CCNCC(C)C)cc1N. The first kappa shape index (κ1) is 13.8. The summed E-state index contributed by atoms with van der Waals surface area (Å²) >= 11 is 0. The average molecular weight is 236 g/mol. The fourth-order valence-electron chi connectivity index (χ4n) is 1.66. The lowest BCUT2D eigenvalue weighted by atomic mass is 10.1. The molecule has 0 fully saturated rings.